The Labute approximate surface area is 91.7 Å². The summed E-state index contributed by atoms with van der Waals surface area (Å²) in [4.78, 5) is 14.7. The maximum atomic E-state index is 10.6. The molecule has 1 aromatic rings. The number of hydrogen-bond acceptors (Lipinski definition) is 4. The van der Waals surface area contributed by atoms with E-state index in [4.69, 9.17) is 9.84 Å². The number of aromatic carboxylic acids is 1. The Kier molecular flexibility index (Phi) is 3.23. The van der Waals surface area contributed by atoms with Gasteiger partial charge >= 0.3 is 5.97 Å². The number of pyridine rings is 1. The van der Waals surface area contributed by atoms with E-state index in [1.54, 1.807) is 23.9 Å². The number of carboxylic acid groups (broad SMARTS) is 1. The molecule has 0 aromatic carbocycles. The number of rotatable bonds is 4. The first-order valence-electron chi connectivity index (χ1n) is 4.63. The van der Waals surface area contributed by atoms with Crippen LogP contribution in [0.25, 0.3) is 0 Å². The van der Waals surface area contributed by atoms with Gasteiger partial charge in [-0.25, -0.2) is 4.79 Å². The summed E-state index contributed by atoms with van der Waals surface area (Å²) in [6.07, 6.45) is 1.40. The third kappa shape index (κ3) is 2.70. The van der Waals surface area contributed by atoms with E-state index in [0.717, 1.165) is 24.7 Å². The molecule has 80 valence electrons. The normalized spacial score (nSPS) is 16.0. The fourth-order valence-electron chi connectivity index (χ4n) is 1.15. The third-order valence-electron chi connectivity index (χ3n) is 2.15. The molecular formula is C10H11NO3S. The van der Waals surface area contributed by atoms with Crippen LogP contribution in [-0.4, -0.2) is 34.5 Å². The van der Waals surface area contributed by atoms with E-state index in [-0.39, 0.29) is 5.56 Å². The lowest BCUT2D eigenvalue weighted by Crippen LogP contribution is -2.30. The highest BCUT2D eigenvalue weighted by atomic mass is 32.2. The first kappa shape index (κ1) is 10.4. The van der Waals surface area contributed by atoms with Crippen LogP contribution in [0.4, 0.5) is 0 Å². The Hall–Kier alpha value is -1.07. The zero-order valence-electron chi connectivity index (χ0n) is 8.05. The first-order chi connectivity index (χ1) is 7.25. The summed E-state index contributed by atoms with van der Waals surface area (Å²) in [5.74, 6) is -0.123. The smallest absolute Gasteiger partial charge is 0.337 e. The SMILES string of the molecule is O=C(O)c1ccc(CSC2COC2)nc1. The fraction of sp³-hybridized carbons (Fsp3) is 0.400. The Morgan fingerprint density at radius 1 is 1.60 bits per heavy atom. The summed E-state index contributed by atoms with van der Waals surface area (Å²) in [6.45, 7) is 1.63. The molecule has 0 amide bonds. The van der Waals surface area contributed by atoms with E-state index in [0.29, 0.717) is 5.25 Å². The highest BCUT2D eigenvalue weighted by molar-refractivity contribution is 7.99. The zero-order chi connectivity index (χ0) is 10.7. The molecule has 1 fully saturated rings. The van der Waals surface area contributed by atoms with Gasteiger partial charge in [0.25, 0.3) is 0 Å². The van der Waals surface area contributed by atoms with Gasteiger partial charge in [-0.2, -0.15) is 0 Å². The van der Waals surface area contributed by atoms with Crippen molar-refractivity contribution >= 4 is 17.7 Å². The Bertz CT molecular complexity index is 348. The number of hydrogen-bond donors (Lipinski definition) is 1. The van der Waals surface area contributed by atoms with Crippen LogP contribution < -0.4 is 0 Å². The number of thioether (sulfide) groups is 1. The molecule has 5 heteroatoms. The molecule has 1 aromatic heterocycles. The third-order valence-corrected chi connectivity index (χ3v) is 3.35. The predicted octanol–water partition coefficient (Wildman–Crippen LogP) is 1.41. The molecular weight excluding hydrogens is 214 g/mol. The van der Waals surface area contributed by atoms with Crippen LogP contribution in [0.5, 0.6) is 0 Å². The van der Waals surface area contributed by atoms with Gasteiger partial charge in [0.1, 0.15) is 0 Å². The van der Waals surface area contributed by atoms with Crippen LogP contribution in [0.1, 0.15) is 16.1 Å². The summed E-state index contributed by atoms with van der Waals surface area (Å²) in [6, 6.07) is 3.35. The first-order valence-corrected chi connectivity index (χ1v) is 5.68. The quantitative estimate of drug-likeness (QED) is 0.839. The lowest BCUT2D eigenvalue weighted by Gasteiger charge is -2.24. The average molecular weight is 225 g/mol. The van der Waals surface area contributed by atoms with E-state index in [2.05, 4.69) is 4.98 Å². The van der Waals surface area contributed by atoms with Crippen LogP contribution in [0, 0.1) is 0 Å². The molecule has 1 N–H and O–H groups in total. The molecule has 2 heterocycles. The Morgan fingerprint density at radius 3 is 2.87 bits per heavy atom. The molecule has 2 rings (SSSR count). The molecule has 4 nitrogen and oxygen atoms in total. The summed E-state index contributed by atoms with van der Waals surface area (Å²) >= 11 is 1.80. The maximum absolute atomic E-state index is 10.6. The van der Waals surface area contributed by atoms with Gasteiger partial charge < -0.3 is 9.84 Å². The van der Waals surface area contributed by atoms with Gasteiger partial charge in [0.05, 0.1) is 29.7 Å². The van der Waals surface area contributed by atoms with Crippen molar-refractivity contribution in [3.05, 3.63) is 29.6 Å². The van der Waals surface area contributed by atoms with Crippen LogP contribution in [-0.2, 0) is 10.5 Å². The largest absolute Gasteiger partial charge is 0.478 e. The average Bonchev–Trinajstić information content (AvgIpc) is 2.16. The van der Waals surface area contributed by atoms with Crippen LogP contribution in [0.3, 0.4) is 0 Å². The maximum Gasteiger partial charge on any atom is 0.337 e. The zero-order valence-corrected chi connectivity index (χ0v) is 8.87. The second-order valence-corrected chi connectivity index (χ2v) is 4.60. The lowest BCUT2D eigenvalue weighted by molar-refractivity contribution is 0.0455. The second kappa shape index (κ2) is 4.63. The van der Waals surface area contributed by atoms with Crippen molar-refractivity contribution in [1.82, 2.24) is 4.98 Å². The number of aromatic nitrogens is 1. The van der Waals surface area contributed by atoms with Gasteiger partial charge in [-0.1, -0.05) is 0 Å². The Morgan fingerprint density at radius 2 is 2.40 bits per heavy atom. The van der Waals surface area contributed by atoms with Crippen molar-refractivity contribution in [3.8, 4) is 0 Å². The topological polar surface area (TPSA) is 59.4 Å². The second-order valence-electron chi connectivity index (χ2n) is 3.31. The van der Waals surface area contributed by atoms with Crippen molar-refractivity contribution in [2.75, 3.05) is 13.2 Å². The van der Waals surface area contributed by atoms with E-state index >= 15 is 0 Å². The molecule has 0 atom stereocenters. The van der Waals surface area contributed by atoms with Gasteiger partial charge in [-0.05, 0) is 12.1 Å². The summed E-state index contributed by atoms with van der Waals surface area (Å²) in [7, 11) is 0. The molecule has 1 saturated heterocycles. The molecule has 0 unspecified atom stereocenters. The van der Waals surface area contributed by atoms with E-state index in [1.807, 2.05) is 0 Å². The molecule has 1 aliphatic rings. The molecule has 0 aliphatic carbocycles. The minimum absolute atomic E-state index is 0.232. The molecule has 0 saturated carbocycles. The monoisotopic (exact) mass is 225 g/mol. The van der Waals surface area contributed by atoms with E-state index in [1.165, 1.54) is 6.20 Å². The minimum atomic E-state index is -0.936. The summed E-state index contributed by atoms with van der Waals surface area (Å²) in [5, 5.41) is 9.25. The number of nitrogens with zero attached hydrogens (tertiary/aromatic N) is 1. The molecule has 0 radical (unpaired) electrons. The Balaban J connectivity index is 1.88. The highest BCUT2D eigenvalue weighted by Gasteiger charge is 2.18. The number of carboxylic acids is 1. The minimum Gasteiger partial charge on any atom is -0.478 e. The van der Waals surface area contributed by atoms with Gasteiger partial charge in [-0.3, -0.25) is 4.98 Å². The van der Waals surface area contributed by atoms with Gasteiger partial charge in [0.15, 0.2) is 0 Å². The highest BCUT2D eigenvalue weighted by Crippen LogP contribution is 2.22. The van der Waals surface area contributed by atoms with Crippen molar-refractivity contribution in [2.24, 2.45) is 0 Å². The van der Waals surface area contributed by atoms with E-state index < -0.39 is 5.97 Å². The summed E-state index contributed by atoms with van der Waals surface area (Å²) < 4.78 is 5.05. The summed E-state index contributed by atoms with van der Waals surface area (Å²) in [5.41, 5.74) is 1.15. The van der Waals surface area contributed by atoms with Crippen molar-refractivity contribution in [1.29, 1.82) is 0 Å². The molecule has 1 aliphatic heterocycles. The fourth-order valence-corrected chi connectivity index (χ4v) is 2.11. The lowest BCUT2D eigenvalue weighted by atomic mass is 10.2. The molecule has 0 bridgehead atoms. The van der Waals surface area contributed by atoms with Crippen molar-refractivity contribution in [3.63, 3.8) is 0 Å². The van der Waals surface area contributed by atoms with Crippen LogP contribution >= 0.6 is 11.8 Å². The van der Waals surface area contributed by atoms with E-state index in [9.17, 15) is 4.79 Å². The molecule has 15 heavy (non-hydrogen) atoms. The standard InChI is InChI=1S/C10H11NO3S/c12-10(13)7-1-2-8(11-3-7)6-15-9-4-14-5-9/h1-3,9H,4-6H2,(H,12,13). The van der Waals surface area contributed by atoms with Gasteiger partial charge in [0, 0.05) is 11.9 Å². The van der Waals surface area contributed by atoms with Crippen molar-refractivity contribution < 1.29 is 14.6 Å². The van der Waals surface area contributed by atoms with Crippen LogP contribution in [0.2, 0.25) is 0 Å². The van der Waals surface area contributed by atoms with Gasteiger partial charge in [0.2, 0.25) is 0 Å². The number of ether oxygens (including phenoxy) is 1. The predicted molar refractivity (Wildman–Crippen MR) is 57.1 cm³/mol. The van der Waals surface area contributed by atoms with Crippen LogP contribution in [0.15, 0.2) is 18.3 Å². The molecule has 0 spiro atoms. The number of carbonyl (C=O) groups is 1. The van der Waals surface area contributed by atoms with Crippen molar-refractivity contribution in [2.45, 2.75) is 11.0 Å². The van der Waals surface area contributed by atoms with Gasteiger partial charge in [-0.15, -0.1) is 11.8 Å².